The monoisotopic (exact) mass is 339 g/mol. The van der Waals surface area contributed by atoms with Gasteiger partial charge in [0.2, 0.25) is 5.91 Å². The van der Waals surface area contributed by atoms with Crippen molar-refractivity contribution in [3.63, 3.8) is 0 Å². The average molecular weight is 339 g/mol. The van der Waals surface area contributed by atoms with Crippen molar-refractivity contribution in [1.82, 2.24) is 4.90 Å². The zero-order chi connectivity index (χ0) is 18.4. The maximum Gasteiger partial charge on any atom is 0.254 e. The highest BCUT2D eigenvalue weighted by molar-refractivity contribution is 5.95. The van der Waals surface area contributed by atoms with Crippen molar-refractivity contribution in [2.75, 3.05) is 30.9 Å². The topological polar surface area (TPSA) is 52.6 Å². The van der Waals surface area contributed by atoms with Gasteiger partial charge in [0.15, 0.2) is 0 Å². The summed E-state index contributed by atoms with van der Waals surface area (Å²) in [6.07, 6.45) is 0. The maximum atomic E-state index is 12.7. The summed E-state index contributed by atoms with van der Waals surface area (Å²) in [4.78, 5) is 27.6. The third-order valence-corrected chi connectivity index (χ3v) is 3.95. The van der Waals surface area contributed by atoms with E-state index in [0.717, 1.165) is 11.3 Å². The number of carbonyl (C=O) groups excluding carboxylic acids is 2. The Morgan fingerprint density at radius 2 is 1.56 bits per heavy atom. The fourth-order valence-corrected chi connectivity index (χ4v) is 2.53. The van der Waals surface area contributed by atoms with Crippen molar-refractivity contribution in [3.8, 4) is 0 Å². The molecule has 0 saturated carbocycles. The average Bonchev–Trinajstić information content (AvgIpc) is 2.59. The van der Waals surface area contributed by atoms with Gasteiger partial charge in [0, 0.05) is 51.0 Å². The third-order valence-electron chi connectivity index (χ3n) is 3.95. The Bertz CT molecular complexity index is 722. The van der Waals surface area contributed by atoms with Crippen molar-refractivity contribution in [2.45, 2.75) is 20.4 Å². The molecule has 2 aromatic rings. The summed E-state index contributed by atoms with van der Waals surface area (Å²) in [6.45, 7) is 4.62. The molecule has 2 rings (SSSR count). The van der Waals surface area contributed by atoms with Crippen molar-refractivity contribution >= 4 is 23.2 Å². The second kappa shape index (κ2) is 8.33. The number of anilines is 2. The Kier molecular flexibility index (Phi) is 6.17. The summed E-state index contributed by atoms with van der Waals surface area (Å²) in [6, 6.07) is 15.2. The zero-order valence-corrected chi connectivity index (χ0v) is 15.2. The minimum absolute atomic E-state index is 0.0199. The van der Waals surface area contributed by atoms with Crippen LogP contribution in [0, 0.1) is 0 Å². The SMILES string of the molecule is CCN(Cc1ccc(N(C)C)cc1)C(=O)c1ccc(NC(C)=O)cc1. The molecule has 0 aromatic heterocycles. The van der Waals surface area contributed by atoms with Gasteiger partial charge in [0.05, 0.1) is 0 Å². The number of benzene rings is 2. The van der Waals surface area contributed by atoms with Gasteiger partial charge in [-0.05, 0) is 48.9 Å². The normalized spacial score (nSPS) is 10.2. The van der Waals surface area contributed by atoms with E-state index < -0.39 is 0 Å². The molecular weight excluding hydrogens is 314 g/mol. The van der Waals surface area contributed by atoms with Crippen molar-refractivity contribution in [3.05, 3.63) is 59.7 Å². The lowest BCUT2D eigenvalue weighted by molar-refractivity contribution is -0.114. The zero-order valence-electron chi connectivity index (χ0n) is 15.2. The Morgan fingerprint density at radius 3 is 2.04 bits per heavy atom. The minimum atomic E-state index is -0.129. The predicted molar refractivity (Wildman–Crippen MR) is 102 cm³/mol. The quantitative estimate of drug-likeness (QED) is 0.878. The first-order valence-electron chi connectivity index (χ1n) is 8.34. The minimum Gasteiger partial charge on any atom is -0.378 e. The molecule has 0 spiro atoms. The second-order valence-corrected chi connectivity index (χ2v) is 6.14. The van der Waals surface area contributed by atoms with Crippen LogP contribution in [0.25, 0.3) is 0 Å². The van der Waals surface area contributed by atoms with E-state index in [1.807, 2.05) is 38.1 Å². The molecule has 0 aliphatic rings. The van der Waals surface area contributed by atoms with Gasteiger partial charge < -0.3 is 15.1 Å². The first-order chi connectivity index (χ1) is 11.9. The van der Waals surface area contributed by atoms with Gasteiger partial charge in [-0.1, -0.05) is 12.1 Å². The molecule has 5 heteroatoms. The molecule has 25 heavy (non-hydrogen) atoms. The maximum absolute atomic E-state index is 12.7. The van der Waals surface area contributed by atoms with Crippen LogP contribution in [-0.2, 0) is 11.3 Å². The van der Waals surface area contributed by atoms with Crippen molar-refractivity contribution in [1.29, 1.82) is 0 Å². The lowest BCUT2D eigenvalue weighted by Gasteiger charge is -2.22. The van der Waals surface area contributed by atoms with E-state index in [4.69, 9.17) is 0 Å². The van der Waals surface area contributed by atoms with Gasteiger partial charge in [-0.3, -0.25) is 9.59 Å². The molecule has 0 aliphatic carbocycles. The summed E-state index contributed by atoms with van der Waals surface area (Å²) >= 11 is 0. The van der Waals surface area contributed by atoms with E-state index in [-0.39, 0.29) is 11.8 Å². The standard InChI is InChI=1S/C20H25N3O2/c1-5-23(14-16-6-12-19(13-7-16)22(3)4)20(25)17-8-10-18(11-9-17)21-15(2)24/h6-13H,5,14H2,1-4H3,(H,21,24). The van der Waals surface area contributed by atoms with E-state index in [2.05, 4.69) is 17.4 Å². The lowest BCUT2D eigenvalue weighted by atomic mass is 10.1. The first kappa shape index (κ1) is 18.5. The summed E-state index contributed by atoms with van der Waals surface area (Å²) in [7, 11) is 4.00. The van der Waals surface area contributed by atoms with Crippen molar-refractivity contribution < 1.29 is 9.59 Å². The van der Waals surface area contributed by atoms with Gasteiger partial charge >= 0.3 is 0 Å². The molecule has 0 fully saturated rings. The number of rotatable bonds is 6. The van der Waals surface area contributed by atoms with E-state index >= 15 is 0 Å². The molecule has 0 heterocycles. The third kappa shape index (κ3) is 5.08. The van der Waals surface area contributed by atoms with Crippen LogP contribution in [0.15, 0.2) is 48.5 Å². The lowest BCUT2D eigenvalue weighted by Crippen LogP contribution is -2.30. The molecule has 5 nitrogen and oxygen atoms in total. The van der Waals surface area contributed by atoms with Gasteiger partial charge in [0.1, 0.15) is 0 Å². The highest BCUT2D eigenvalue weighted by Crippen LogP contribution is 2.16. The Morgan fingerprint density at radius 1 is 0.960 bits per heavy atom. The van der Waals surface area contributed by atoms with Gasteiger partial charge in [-0.2, -0.15) is 0 Å². The molecule has 0 saturated heterocycles. The number of amides is 2. The van der Waals surface area contributed by atoms with Crippen LogP contribution < -0.4 is 10.2 Å². The molecular formula is C20H25N3O2. The summed E-state index contributed by atoms with van der Waals surface area (Å²) in [5.74, 6) is -0.149. The molecule has 2 aromatic carbocycles. The Hall–Kier alpha value is -2.82. The van der Waals surface area contributed by atoms with Crippen LogP contribution in [-0.4, -0.2) is 37.4 Å². The Labute approximate surface area is 149 Å². The molecule has 0 bridgehead atoms. The van der Waals surface area contributed by atoms with Crippen LogP contribution in [0.1, 0.15) is 29.8 Å². The molecule has 1 N–H and O–H groups in total. The fourth-order valence-electron chi connectivity index (χ4n) is 2.53. The molecule has 0 radical (unpaired) electrons. The smallest absolute Gasteiger partial charge is 0.254 e. The van der Waals surface area contributed by atoms with Gasteiger partial charge in [-0.15, -0.1) is 0 Å². The van der Waals surface area contributed by atoms with E-state index in [1.54, 1.807) is 29.2 Å². The second-order valence-electron chi connectivity index (χ2n) is 6.14. The highest BCUT2D eigenvalue weighted by atomic mass is 16.2. The van der Waals surface area contributed by atoms with Crippen LogP contribution in [0.3, 0.4) is 0 Å². The van der Waals surface area contributed by atoms with E-state index in [1.165, 1.54) is 6.92 Å². The first-order valence-corrected chi connectivity index (χ1v) is 8.34. The molecule has 132 valence electrons. The number of hydrogen-bond acceptors (Lipinski definition) is 3. The largest absolute Gasteiger partial charge is 0.378 e. The van der Waals surface area contributed by atoms with Crippen LogP contribution >= 0.6 is 0 Å². The molecule has 2 amide bonds. The predicted octanol–water partition coefficient (Wildman–Crippen LogP) is 3.37. The Balaban J connectivity index is 2.08. The van der Waals surface area contributed by atoms with Crippen LogP contribution in [0.4, 0.5) is 11.4 Å². The molecule has 0 atom stereocenters. The number of carbonyl (C=O) groups is 2. The fraction of sp³-hybridized carbons (Fsp3) is 0.300. The summed E-state index contributed by atoms with van der Waals surface area (Å²) in [5, 5.41) is 2.70. The van der Waals surface area contributed by atoms with E-state index in [0.29, 0.717) is 24.3 Å². The van der Waals surface area contributed by atoms with E-state index in [9.17, 15) is 9.59 Å². The number of nitrogens with zero attached hydrogens (tertiary/aromatic N) is 2. The highest BCUT2D eigenvalue weighted by Gasteiger charge is 2.14. The number of hydrogen-bond donors (Lipinski definition) is 1. The van der Waals surface area contributed by atoms with Gasteiger partial charge in [0.25, 0.3) is 5.91 Å². The molecule has 0 aliphatic heterocycles. The van der Waals surface area contributed by atoms with Crippen LogP contribution in [0.2, 0.25) is 0 Å². The molecule has 0 unspecified atom stereocenters. The number of nitrogens with one attached hydrogen (secondary N) is 1. The summed E-state index contributed by atoms with van der Waals surface area (Å²) in [5.41, 5.74) is 3.52. The van der Waals surface area contributed by atoms with Crippen molar-refractivity contribution in [2.24, 2.45) is 0 Å². The summed E-state index contributed by atoms with van der Waals surface area (Å²) < 4.78 is 0. The van der Waals surface area contributed by atoms with Crippen LogP contribution in [0.5, 0.6) is 0 Å². The van der Waals surface area contributed by atoms with Gasteiger partial charge in [-0.25, -0.2) is 0 Å².